The van der Waals surface area contributed by atoms with E-state index in [0.29, 0.717) is 13.2 Å². The standard InChI is InChI=1S/C13H15NO2/c15-12(13-10-14-8-9-16-13)7-6-11-4-2-1-3-5-11/h1-7,13-14H,8-10H2. The molecule has 84 valence electrons. The van der Waals surface area contributed by atoms with Crippen LogP contribution in [0.3, 0.4) is 0 Å². The Morgan fingerprint density at radius 3 is 2.88 bits per heavy atom. The monoisotopic (exact) mass is 217 g/mol. The number of hydrogen-bond donors (Lipinski definition) is 1. The molecule has 1 unspecified atom stereocenters. The SMILES string of the molecule is O=C(C=Cc1ccccc1)C1CNCCO1. The van der Waals surface area contributed by atoms with Gasteiger partial charge >= 0.3 is 0 Å². The molecule has 3 heteroatoms. The second kappa shape index (κ2) is 5.58. The lowest BCUT2D eigenvalue weighted by atomic mass is 10.1. The summed E-state index contributed by atoms with van der Waals surface area (Å²) in [6, 6.07) is 9.77. The van der Waals surface area contributed by atoms with Gasteiger partial charge in [0.25, 0.3) is 0 Å². The Kier molecular flexibility index (Phi) is 3.86. The minimum atomic E-state index is -0.325. The van der Waals surface area contributed by atoms with Gasteiger partial charge in [0.05, 0.1) is 6.61 Å². The van der Waals surface area contributed by atoms with Crippen LogP contribution in [0.2, 0.25) is 0 Å². The fourth-order valence-corrected chi connectivity index (χ4v) is 1.60. The lowest BCUT2D eigenvalue weighted by Crippen LogP contribution is -2.42. The van der Waals surface area contributed by atoms with Crippen LogP contribution in [0.4, 0.5) is 0 Å². The van der Waals surface area contributed by atoms with Crippen molar-refractivity contribution in [2.75, 3.05) is 19.7 Å². The molecule has 3 nitrogen and oxygen atoms in total. The third-order valence-corrected chi connectivity index (χ3v) is 2.48. The van der Waals surface area contributed by atoms with E-state index in [1.807, 2.05) is 36.4 Å². The number of ether oxygens (including phenoxy) is 1. The maximum absolute atomic E-state index is 11.7. The minimum absolute atomic E-state index is 0.0241. The summed E-state index contributed by atoms with van der Waals surface area (Å²) in [6.07, 6.45) is 3.08. The molecule has 1 saturated heterocycles. The van der Waals surface area contributed by atoms with Crippen molar-refractivity contribution < 1.29 is 9.53 Å². The van der Waals surface area contributed by atoms with Gasteiger partial charge < -0.3 is 10.1 Å². The van der Waals surface area contributed by atoms with Crippen molar-refractivity contribution in [3.63, 3.8) is 0 Å². The number of benzene rings is 1. The van der Waals surface area contributed by atoms with E-state index in [0.717, 1.165) is 12.1 Å². The molecule has 1 atom stereocenters. The predicted octanol–water partition coefficient (Wildman–Crippen LogP) is 1.26. The first kappa shape index (κ1) is 11.0. The number of hydrogen-bond acceptors (Lipinski definition) is 3. The van der Waals surface area contributed by atoms with Gasteiger partial charge in [-0.2, -0.15) is 0 Å². The highest BCUT2D eigenvalue weighted by Crippen LogP contribution is 2.04. The van der Waals surface area contributed by atoms with Gasteiger partial charge in [-0.3, -0.25) is 4.79 Å². The number of carbonyl (C=O) groups excluding carboxylic acids is 1. The van der Waals surface area contributed by atoms with E-state index in [1.165, 1.54) is 0 Å². The van der Waals surface area contributed by atoms with Crippen LogP contribution in [0.15, 0.2) is 36.4 Å². The fraction of sp³-hybridized carbons (Fsp3) is 0.308. The van der Waals surface area contributed by atoms with E-state index in [9.17, 15) is 4.79 Å². The molecule has 1 aromatic rings. The molecule has 1 aromatic carbocycles. The van der Waals surface area contributed by atoms with Crippen molar-refractivity contribution in [2.45, 2.75) is 6.10 Å². The van der Waals surface area contributed by atoms with Crippen molar-refractivity contribution in [3.8, 4) is 0 Å². The summed E-state index contributed by atoms with van der Waals surface area (Å²) in [4.78, 5) is 11.7. The summed E-state index contributed by atoms with van der Waals surface area (Å²) in [5.41, 5.74) is 1.03. The Hall–Kier alpha value is -1.45. The van der Waals surface area contributed by atoms with Crippen molar-refractivity contribution in [3.05, 3.63) is 42.0 Å². The van der Waals surface area contributed by atoms with Crippen LogP contribution in [0.1, 0.15) is 5.56 Å². The highest BCUT2D eigenvalue weighted by atomic mass is 16.5. The molecule has 0 bridgehead atoms. The first-order chi connectivity index (χ1) is 7.86. The van der Waals surface area contributed by atoms with Gasteiger partial charge in [0, 0.05) is 13.1 Å². The first-order valence-corrected chi connectivity index (χ1v) is 5.45. The smallest absolute Gasteiger partial charge is 0.185 e. The molecule has 1 aliphatic heterocycles. The Morgan fingerprint density at radius 1 is 1.38 bits per heavy atom. The Labute approximate surface area is 95.1 Å². The molecular weight excluding hydrogens is 202 g/mol. The number of carbonyl (C=O) groups is 1. The number of ketones is 1. The summed E-state index contributed by atoms with van der Waals surface area (Å²) in [5, 5.41) is 3.13. The maximum Gasteiger partial charge on any atom is 0.185 e. The Bertz CT molecular complexity index is 367. The van der Waals surface area contributed by atoms with Crippen LogP contribution in [0.5, 0.6) is 0 Å². The lowest BCUT2D eigenvalue weighted by molar-refractivity contribution is -0.126. The maximum atomic E-state index is 11.7. The van der Waals surface area contributed by atoms with Gasteiger partial charge in [0.1, 0.15) is 6.10 Å². The average molecular weight is 217 g/mol. The normalized spacial score (nSPS) is 21.1. The minimum Gasteiger partial charge on any atom is -0.367 e. The number of nitrogens with one attached hydrogen (secondary N) is 1. The van der Waals surface area contributed by atoms with E-state index in [2.05, 4.69) is 5.32 Å². The van der Waals surface area contributed by atoms with Crippen molar-refractivity contribution in [2.24, 2.45) is 0 Å². The highest BCUT2D eigenvalue weighted by molar-refractivity contribution is 5.97. The summed E-state index contributed by atoms with van der Waals surface area (Å²) < 4.78 is 5.36. The van der Waals surface area contributed by atoms with Crippen LogP contribution >= 0.6 is 0 Å². The quantitative estimate of drug-likeness (QED) is 0.775. The molecule has 0 spiro atoms. The van der Waals surface area contributed by atoms with E-state index < -0.39 is 0 Å². The van der Waals surface area contributed by atoms with Crippen LogP contribution in [0.25, 0.3) is 6.08 Å². The van der Waals surface area contributed by atoms with Crippen molar-refractivity contribution >= 4 is 11.9 Å². The lowest BCUT2D eigenvalue weighted by Gasteiger charge is -2.21. The molecule has 0 amide bonds. The van der Waals surface area contributed by atoms with E-state index in [-0.39, 0.29) is 11.9 Å². The molecule has 1 N–H and O–H groups in total. The van der Waals surface area contributed by atoms with Gasteiger partial charge in [-0.15, -0.1) is 0 Å². The van der Waals surface area contributed by atoms with Gasteiger partial charge in [-0.1, -0.05) is 36.4 Å². The average Bonchev–Trinajstić information content (AvgIpc) is 2.38. The highest BCUT2D eigenvalue weighted by Gasteiger charge is 2.18. The topological polar surface area (TPSA) is 38.3 Å². The molecule has 2 rings (SSSR count). The van der Waals surface area contributed by atoms with Crippen LogP contribution < -0.4 is 5.32 Å². The molecular formula is C13H15NO2. The molecule has 0 radical (unpaired) electrons. The third kappa shape index (κ3) is 3.02. The molecule has 1 aliphatic rings. The second-order valence-electron chi connectivity index (χ2n) is 3.71. The largest absolute Gasteiger partial charge is 0.367 e. The molecule has 0 aliphatic carbocycles. The van der Waals surface area contributed by atoms with E-state index in [4.69, 9.17) is 4.74 Å². The number of rotatable bonds is 3. The summed E-state index contributed by atoms with van der Waals surface area (Å²) in [5.74, 6) is 0.0241. The molecule has 1 heterocycles. The zero-order valence-corrected chi connectivity index (χ0v) is 9.06. The molecule has 1 fully saturated rings. The van der Waals surface area contributed by atoms with Crippen LogP contribution in [0, 0.1) is 0 Å². The fourth-order valence-electron chi connectivity index (χ4n) is 1.60. The van der Waals surface area contributed by atoms with Gasteiger partial charge in [0.2, 0.25) is 0 Å². The first-order valence-electron chi connectivity index (χ1n) is 5.45. The van der Waals surface area contributed by atoms with Crippen LogP contribution in [-0.2, 0) is 9.53 Å². The summed E-state index contributed by atoms with van der Waals surface area (Å²) in [7, 11) is 0. The van der Waals surface area contributed by atoms with Gasteiger partial charge in [0.15, 0.2) is 5.78 Å². The van der Waals surface area contributed by atoms with Crippen LogP contribution in [-0.4, -0.2) is 31.6 Å². The van der Waals surface area contributed by atoms with E-state index >= 15 is 0 Å². The van der Waals surface area contributed by atoms with Gasteiger partial charge in [-0.25, -0.2) is 0 Å². The van der Waals surface area contributed by atoms with E-state index in [1.54, 1.807) is 6.08 Å². The molecule has 0 aromatic heterocycles. The van der Waals surface area contributed by atoms with Gasteiger partial charge in [-0.05, 0) is 11.6 Å². The Balaban J connectivity index is 1.93. The number of morpholine rings is 1. The van der Waals surface area contributed by atoms with Crippen molar-refractivity contribution in [1.82, 2.24) is 5.32 Å². The summed E-state index contributed by atoms with van der Waals surface area (Å²) >= 11 is 0. The zero-order valence-electron chi connectivity index (χ0n) is 9.06. The molecule has 16 heavy (non-hydrogen) atoms. The predicted molar refractivity (Wildman–Crippen MR) is 63.1 cm³/mol. The Morgan fingerprint density at radius 2 is 2.19 bits per heavy atom. The van der Waals surface area contributed by atoms with Crippen molar-refractivity contribution in [1.29, 1.82) is 0 Å². The zero-order chi connectivity index (χ0) is 11.2. The summed E-state index contributed by atoms with van der Waals surface area (Å²) in [6.45, 7) is 2.04. The molecule has 0 saturated carbocycles. The second-order valence-corrected chi connectivity index (χ2v) is 3.71. The third-order valence-electron chi connectivity index (χ3n) is 2.48.